The number of aliphatic carboxylic acids is 1. The Hall–Kier alpha value is -1.25. The molecule has 0 saturated heterocycles. The van der Waals surface area contributed by atoms with E-state index in [1.807, 2.05) is 13.0 Å². The van der Waals surface area contributed by atoms with E-state index < -0.39 is 11.4 Å². The van der Waals surface area contributed by atoms with Crippen molar-refractivity contribution in [1.82, 2.24) is 0 Å². The standard InChI is InChI=1S/C11H13BO2/c1-7-6-8(4-5-9(7)12)11(2,3)10(13)14/h4-6H,1-3H3,(H,13,14). The lowest BCUT2D eigenvalue weighted by Gasteiger charge is -2.20. The molecule has 72 valence electrons. The molecule has 0 fully saturated rings. The van der Waals surface area contributed by atoms with Crippen molar-refractivity contribution >= 4 is 19.3 Å². The monoisotopic (exact) mass is 188 g/mol. The fourth-order valence-corrected chi connectivity index (χ4v) is 1.19. The average molecular weight is 188 g/mol. The number of aryl methyl sites for hydroxylation is 1. The highest BCUT2D eigenvalue weighted by Gasteiger charge is 2.29. The Balaban J connectivity index is 3.21. The van der Waals surface area contributed by atoms with Crippen molar-refractivity contribution in [3.63, 3.8) is 0 Å². The Bertz CT molecular complexity index is 370. The van der Waals surface area contributed by atoms with Gasteiger partial charge in [-0.3, -0.25) is 4.79 Å². The van der Waals surface area contributed by atoms with Gasteiger partial charge in [0.2, 0.25) is 0 Å². The van der Waals surface area contributed by atoms with Crippen LogP contribution in [-0.4, -0.2) is 18.9 Å². The van der Waals surface area contributed by atoms with E-state index in [4.69, 9.17) is 13.0 Å². The van der Waals surface area contributed by atoms with Gasteiger partial charge in [-0.25, -0.2) is 0 Å². The van der Waals surface area contributed by atoms with Gasteiger partial charge in [0, 0.05) is 0 Å². The third-order valence-electron chi connectivity index (χ3n) is 2.53. The van der Waals surface area contributed by atoms with Crippen LogP contribution in [0.5, 0.6) is 0 Å². The van der Waals surface area contributed by atoms with Crippen LogP contribution in [0.3, 0.4) is 0 Å². The molecule has 0 aromatic heterocycles. The van der Waals surface area contributed by atoms with E-state index in [1.165, 1.54) is 0 Å². The van der Waals surface area contributed by atoms with Crippen LogP contribution >= 0.6 is 0 Å². The van der Waals surface area contributed by atoms with E-state index in [1.54, 1.807) is 26.0 Å². The van der Waals surface area contributed by atoms with Gasteiger partial charge in [-0.05, 0) is 26.3 Å². The second-order valence-electron chi connectivity index (χ2n) is 4.00. The number of carbonyl (C=O) groups is 1. The van der Waals surface area contributed by atoms with Crippen molar-refractivity contribution < 1.29 is 9.90 Å². The minimum Gasteiger partial charge on any atom is -0.481 e. The first-order valence-corrected chi connectivity index (χ1v) is 4.45. The van der Waals surface area contributed by atoms with E-state index in [9.17, 15) is 4.79 Å². The maximum Gasteiger partial charge on any atom is 0.313 e. The molecule has 14 heavy (non-hydrogen) atoms. The molecule has 0 unspecified atom stereocenters. The van der Waals surface area contributed by atoms with Crippen LogP contribution in [-0.2, 0) is 10.2 Å². The normalized spacial score (nSPS) is 11.4. The largest absolute Gasteiger partial charge is 0.481 e. The molecule has 0 amide bonds. The van der Waals surface area contributed by atoms with Crippen LogP contribution in [0.15, 0.2) is 18.2 Å². The summed E-state index contributed by atoms with van der Waals surface area (Å²) >= 11 is 0. The first-order chi connectivity index (χ1) is 6.35. The molecule has 1 aromatic carbocycles. The predicted octanol–water partition coefficient (Wildman–Crippen LogP) is 1.15. The molecule has 0 bridgehead atoms. The Labute approximate surface area is 85.4 Å². The summed E-state index contributed by atoms with van der Waals surface area (Å²) in [5.74, 6) is -0.832. The maximum absolute atomic E-state index is 11.0. The summed E-state index contributed by atoms with van der Waals surface area (Å²) < 4.78 is 0. The maximum atomic E-state index is 11.0. The Morgan fingerprint density at radius 2 is 2.00 bits per heavy atom. The van der Waals surface area contributed by atoms with Crippen LogP contribution < -0.4 is 5.46 Å². The molecule has 3 heteroatoms. The molecule has 2 radical (unpaired) electrons. The summed E-state index contributed by atoms with van der Waals surface area (Å²) in [6.45, 7) is 5.23. The molecule has 0 aliphatic heterocycles. The molecule has 1 aromatic rings. The summed E-state index contributed by atoms with van der Waals surface area (Å²) in [5.41, 5.74) is 1.52. The summed E-state index contributed by atoms with van der Waals surface area (Å²) in [7, 11) is 5.66. The predicted molar refractivity (Wildman–Crippen MR) is 57.2 cm³/mol. The van der Waals surface area contributed by atoms with E-state index in [0.29, 0.717) is 5.46 Å². The van der Waals surface area contributed by atoms with Gasteiger partial charge < -0.3 is 5.11 Å². The molecule has 1 N–H and O–H groups in total. The van der Waals surface area contributed by atoms with Gasteiger partial charge in [-0.15, -0.1) is 0 Å². The number of carboxylic acid groups (broad SMARTS) is 1. The van der Waals surface area contributed by atoms with Crippen LogP contribution in [0.25, 0.3) is 0 Å². The molecular weight excluding hydrogens is 175 g/mol. The Kier molecular flexibility index (Phi) is 2.70. The van der Waals surface area contributed by atoms with Crippen molar-refractivity contribution in [2.24, 2.45) is 0 Å². The molecule has 0 aliphatic carbocycles. The molecule has 1 rings (SSSR count). The van der Waals surface area contributed by atoms with Crippen molar-refractivity contribution in [2.45, 2.75) is 26.2 Å². The zero-order chi connectivity index (χ0) is 10.9. The second-order valence-corrected chi connectivity index (χ2v) is 4.00. The summed E-state index contributed by atoms with van der Waals surface area (Å²) in [5, 5.41) is 9.02. The van der Waals surface area contributed by atoms with E-state index in [0.717, 1.165) is 11.1 Å². The topological polar surface area (TPSA) is 37.3 Å². The molecule has 0 spiro atoms. The SMILES string of the molecule is [B]c1ccc(C(C)(C)C(=O)O)cc1C. The molecule has 0 heterocycles. The van der Waals surface area contributed by atoms with Gasteiger partial charge in [0.15, 0.2) is 0 Å². The van der Waals surface area contributed by atoms with Crippen LogP contribution in [0, 0.1) is 6.92 Å². The molecule has 2 nitrogen and oxygen atoms in total. The third-order valence-corrected chi connectivity index (χ3v) is 2.53. The smallest absolute Gasteiger partial charge is 0.313 e. The molecule has 0 aliphatic rings. The highest BCUT2D eigenvalue weighted by Crippen LogP contribution is 2.23. The minimum atomic E-state index is -0.863. The van der Waals surface area contributed by atoms with Crippen molar-refractivity contribution in [2.75, 3.05) is 0 Å². The van der Waals surface area contributed by atoms with Gasteiger partial charge in [-0.2, -0.15) is 0 Å². The van der Waals surface area contributed by atoms with Crippen molar-refractivity contribution in [3.8, 4) is 0 Å². The number of benzene rings is 1. The van der Waals surface area contributed by atoms with Crippen LogP contribution in [0.1, 0.15) is 25.0 Å². The van der Waals surface area contributed by atoms with Gasteiger partial charge >= 0.3 is 5.97 Å². The first-order valence-electron chi connectivity index (χ1n) is 4.45. The summed E-state index contributed by atoms with van der Waals surface area (Å²) in [4.78, 5) is 11.0. The highest BCUT2D eigenvalue weighted by atomic mass is 16.4. The third kappa shape index (κ3) is 1.81. The van der Waals surface area contributed by atoms with E-state index >= 15 is 0 Å². The first kappa shape index (κ1) is 10.8. The minimum absolute atomic E-state index is 0.690. The van der Waals surface area contributed by atoms with Gasteiger partial charge in [0.05, 0.1) is 5.41 Å². The number of hydrogen-bond donors (Lipinski definition) is 1. The van der Waals surface area contributed by atoms with Crippen LogP contribution in [0.2, 0.25) is 0 Å². The molecular formula is C11H13BO2. The number of rotatable bonds is 2. The number of carboxylic acids is 1. The van der Waals surface area contributed by atoms with Crippen LogP contribution in [0.4, 0.5) is 0 Å². The zero-order valence-corrected chi connectivity index (χ0v) is 8.66. The fourth-order valence-electron chi connectivity index (χ4n) is 1.19. The lowest BCUT2D eigenvalue weighted by atomic mass is 9.81. The van der Waals surface area contributed by atoms with Gasteiger partial charge in [0.25, 0.3) is 0 Å². The highest BCUT2D eigenvalue weighted by molar-refractivity contribution is 6.33. The molecule has 0 atom stereocenters. The molecule has 0 saturated carbocycles. The van der Waals surface area contributed by atoms with Gasteiger partial charge in [0.1, 0.15) is 7.85 Å². The lowest BCUT2D eigenvalue weighted by molar-refractivity contribution is -0.142. The Morgan fingerprint density at radius 1 is 1.43 bits per heavy atom. The van der Waals surface area contributed by atoms with Crippen molar-refractivity contribution in [3.05, 3.63) is 29.3 Å². The average Bonchev–Trinajstić information content (AvgIpc) is 2.09. The van der Waals surface area contributed by atoms with E-state index in [-0.39, 0.29) is 0 Å². The number of hydrogen-bond acceptors (Lipinski definition) is 1. The summed E-state index contributed by atoms with van der Waals surface area (Å²) in [6, 6.07) is 5.33. The quantitative estimate of drug-likeness (QED) is 0.706. The van der Waals surface area contributed by atoms with Crippen molar-refractivity contribution in [1.29, 1.82) is 0 Å². The lowest BCUT2D eigenvalue weighted by Crippen LogP contribution is -2.29. The fraction of sp³-hybridized carbons (Fsp3) is 0.364. The second kappa shape index (κ2) is 3.48. The summed E-state index contributed by atoms with van der Waals surface area (Å²) in [6.07, 6.45) is 0. The van der Waals surface area contributed by atoms with Gasteiger partial charge in [-0.1, -0.05) is 29.2 Å². The zero-order valence-electron chi connectivity index (χ0n) is 8.66. The van der Waals surface area contributed by atoms with E-state index in [2.05, 4.69) is 0 Å². The Morgan fingerprint density at radius 3 is 2.43 bits per heavy atom.